The zero-order valence-electron chi connectivity index (χ0n) is 13.8. The van der Waals surface area contributed by atoms with E-state index in [2.05, 4.69) is 13.8 Å². The summed E-state index contributed by atoms with van der Waals surface area (Å²) in [6, 6.07) is 0. The quantitative estimate of drug-likeness (QED) is 0.563. The van der Waals surface area contributed by atoms with Gasteiger partial charge >= 0.3 is 0 Å². The van der Waals surface area contributed by atoms with Gasteiger partial charge in [0.05, 0.1) is 0 Å². The molecule has 4 bridgehead atoms. The van der Waals surface area contributed by atoms with E-state index in [9.17, 15) is 0 Å². The minimum atomic E-state index is 0.786. The average molecular weight is 274 g/mol. The van der Waals surface area contributed by atoms with E-state index in [1.54, 1.807) is 70.6 Å². The van der Waals surface area contributed by atoms with Gasteiger partial charge in [-0.25, -0.2) is 0 Å². The van der Waals surface area contributed by atoms with Crippen molar-refractivity contribution in [2.24, 2.45) is 28.1 Å². The summed E-state index contributed by atoms with van der Waals surface area (Å²) in [4.78, 5) is 0. The van der Waals surface area contributed by atoms with E-state index in [4.69, 9.17) is 0 Å². The lowest BCUT2D eigenvalue weighted by molar-refractivity contribution is -0.157. The highest BCUT2D eigenvalue weighted by Crippen LogP contribution is 2.71. The minimum absolute atomic E-state index is 0.786. The highest BCUT2D eigenvalue weighted by molar-refractivity contribution is 5.11. The van der Waals surface area contributed by atoms with Gasteiger partial charge in [-0.05, 0) is 98.7 Å². The summed E-state index contributed by atoms with van der Waals surface area (Å²) in [5.41, 5.74) is 2.37. The number of rotatable bonds is 3. The molecule has 6 aliphatic carbocycles. The van der Waals surface area contributed by atoms with Gasteiger partial charge in [0.15, 0.2) is 0 Å². The van der Waals surface area contributed by atoms with E-state index in [1.807, 2.05) is 0 Å². The molecule has 0 saturated heterocycles. The molecule has 6 rings (SSSR count). The topological polar surface area (TPSA) is 0 Å². The molecule has 114 valence electrons. The maximum Gasteiger partial charge on any atom is -0.0238 e. The van der Waals surface area contributed by atoms with Crippen LogP contribution in [-0.2, 0) is 0 Å². The van der Waals surface area contributed by atoms with Gasteiger partial charge in [0.2, 0.25) is 0 Å². The van der Waals surface area contributed by atoms with Crippen LogP contribution >= 0.6 is 0 Å². The molecule has 0 amide bonds. The van der Waals surface area contributed by atoms with Gasteiger partial charge in [-0.2, -0.15) is 0 Å². The fourth-order valence-corrected chi connectivity index (χ4v) is 7.35. The van der Waals surface area contributed by atoms with Crippen molar-refractivity contribution >= 4 is 0 Å². The second kappa shape index (κ2) is 4.50. The van der Waals surface area contributed by atoms with Crippen LogP contribution in [0.2, 0.25) is 0 Å². The first-order valence-electron chi connectivity index (χ1n) is 9.67. The zero-order chi connectivity index (χ0) is 13.8. The van der Waals surface area contributed by atoms with Gasteiger partial charge < -0.3 is 0 Å². The van der Waals surface area contributed by atoms with Crippen LogP contribution in [0.5, 0.6) is 0 Å². The molecule has 6 fully saturated rings. The highest BCUT2D eigenvalue weighted by Gasteiger charge is 2.60. The summed E-state index contributed by atoms with van der Waals surface area (Å²) in [6.07, 6.45) is 20.4. The first kappa shape index (κ1) is 13.6. The Bertz CT molecular complexity index is 347. The maximum atomic E-state index is 2.46. The molecule has 0 aromatic heterocycles. The highest BCUT2D eigenvalue weighted by atomic mass is 14.6. The van der Waals surface area contributed by atoms with Gasteiger partial charge in [-0.15, -0.1) is 0 Å². The summed E-state index contributed by atoms with van der Waals surface area (Å²) >= 11 is 0. The predicted octanol–water partition coefficient (Wildman–Crippen LogP) is 6.34. The van der Waals surface area contributed by atoms with Crippen molar-refractivity contribution in [2.75, 3.05) is 0 Å². The molecule has 0 nitrogen and oxygen atoms in total. The average Bonchev–Trinajstić information content (AvgIpc) is 2.57. The van der Waals surface area contributed by atoms with Gasteiger partial charge in [-0.3, -0.25) is 0 Å². The Kier molecular flexibility index (Phi) is 3.07. The van der Waals surface area contributed by atoms with Crippen LogP contribution in [0.1, 0.15) is 97.3 Å². The molecular formula is C20H34. The van der Waals surface area contributed by atoms with E-state index in [1.165, 1.54) is 12.8 Å². The van der Waals surface area contributed by atoms with Gasteiger partial charge in [0.1, 0.15) is 0 Å². The molecule has 1 unspecified atom stereocenters. The van der Waals surface area contributed by atoms with E-state index in [0.29, 0.717) is 0 Å². The lowest BCUT2D eigenvalue weighted by Gasteiger charge is -2.66. The van der Waals surface area contributed by atoms with Crippen LogP contribution < -0.4 is 0 Å². The Morgan fingerprint density at radius 2 is 1.35 bits per heavy atom. The van der Waals surface area contributed by atoms with Crippen LogP contribution in [0.3, 0.4) is 0 Å². The van der Waals surface area contributed by atoms with Crippen LogP contribution in [0, 0.1) is 28.1 Å². The van der Waals surface area contributed by atoms with E-state index in [0.717, 1.165) is 28.1 Å². The zero-order valence-corrected chi connectivity index (χ0v) is 13.8. The molecule has 0 aliphatic heterocycles. The van der Waals surface area contributed by atoms with Gasteiger partial charge in [0.25, 0.3) is 0 Å². The molecule has 6 saturated carbocycles. The minimum Gasteiger partial charge on any atom is -0.0651 e. The summed E-state index contributed by atoms with van der Waals surface area (Å²) in [5.74, 6) is 2.20. The standard InChI is InChI=1S/C20H34/c1-3-16-15-20(7-5-17(16)6-8-20)19-12-9-18(4-2,10-13-19)11-14-19/h16-17H,3-15H2,1-2H3. The van der Waals surface area contributed by atoms with E-state index >= 15 is 0 Å². The SMILES string of the molecule is CCC1CC2(C34CCC(CC)(CC3)CC4)CCC1CC2. The molecule has 0 spiro atoms. The van der Waals surface area contributed by atoms with E-state index in [-0.39, 0.29) is 0 Å². The molecule has 1 atom stereocenters. The van der Waals surface area contributed by atoms with Crippen LogP contribution in [0.15, 0.2) is 0 Å². The number of fused-ring (bicyclic) bond motifs is 6. The second-order valence-electron chi connectivity index (χ2n) is 9.12. The summed E-state index contributed by atoms with van der Waals surface area (Å²) in [5, 5.41) is 0. The number of hydrogen-bond acceptors (Lipinski definition) is 0. The largest absolute Gasteiger partial charge is 0.0651 e. The predicted molar refractivity (Wildman–Crippen MR) is 85.6 cm³/mol. The third-order valence-corrected chi connectivity index (χ3v) is 9.11. The molecule has 0 N–H and O–H groups in total. The normalized spacial score (nSPS) is 54.3. The van der Waals surface area contributed by atoms with Crippen molar-refractivity contribution in [1.29, 1.82) is 0 Å². The molecule has 0 aromatic carbocycles. The molecule has 0 heterocycles. The van der Waals surface area contributed by atoms with Crippen molar-refractivity contribution in [3.05, 3.63) is 0 Å². The van der Waals surface area contributed by atoms with Crippen molar-refractivity contribution in [1.82, 2.24) is 0 Å². The monoisotopic (exact) mass is 274 g/mol. The third kappa shape index (κ3) is 1.66. The Morgan fingerprint density at radius 1 is 0.750 bits per heavy atom. The Morgan fingerprint density at radius 3 is 1.85 bits per heavy atom. The van der Waals surface area contributed by atoms with Gasteiger partial charge in [0, 0.05) is 0 Å². The van der Waals surface area contributed by atoms with Crippen LogP contribution in [0.4, 0.5) is 0 Å². The number of hydrogen-bond donors (Lipinski definition) is 0. The third-order valence-electron chi connectivity index (χ3n) is 9.11. The van der Waals surface area contributed by atoms with Crippen molar-refractivity contribution in [2.45, 2.75) is 97.3 Å². The molecule has 0 heteroatoms. The first-order valence-corrected chi connectivity index (χ1v) is 9.67. The Balaban J connectivity index is 1.61. The smallest absolute Gasteiger partial charge is 0.0238 e. The molecule has 6 aliphatic rings. The molecule has 20 heavy (non-hydrogen) atoms. The fourth-order valence-electron chi connectivity index (χ4n) is 7.35. The fraction of sp³-hybridized carbons (Fsp3) is 1.00. The van der Waals surface area contributed by atoms with Gasteiger partial charge in [-0.1, -0.05) is 26.7 Å². The van der Waals surface area contributed by atoms with E-state index < -0.39 is 0 Å². The summed E-state index contributed by atoms with van der Waals surface area (Å²) in [7, 11) is 0. The summed E-state index contributed by atoms with van der Waals surface area (Å²) < 4.78 is 0. The maximum absolute atomic E-state index is 2.46. The van der Waals surface area contributed by atoms with Crippen LogP contribution in [-0.4, -0.2) is 0 Å². The molecule has 0 aromatic rings. The lowest BCUT2D eigenvalue weighted by Crippen LogP contribution is -2.55. The Labute approximate surface area is 126 Å². The summed E-state index contributed by atoms with van der Waals surface area (Å²) in [6.45, 7) is 4.91. The molecular weight excluding hydrogens is 240 g/mol. The van der Waals surface area contributed by atoms with Crippen molar-refractivity contribution in [3.8, 4) is 0 Å². The second-order valence-corrected chi connectivity index (χ2v) is 9.12. The van der Waals surface area contributed by atoms with Crippen LogP contribution in [0.25, 0.3) is 0 Å². The van der Waals surface area contributed by atoms with Crippen molar-refractivity contribution in [3.63, 3.8) is 0 Å². The first-order chi connectivity index (χ1) is 9.67. The van der Waals surface area contributed by atoms with Crippen molar-refractivity contribution < 1.29 is 0 Å². The Hall–Kier alpha value is 0. The lowest BCUT2D eigenvalue weighted by atomic mass is 9.39. The molecule has 0 radical (unpaired) electrons.